The van der Waals surface area contributed by atoms with E-state index in [4.69, 9.17) is 14.2 Å². The smallest absolute Gasteiger partial charge is 0.302 e. The Balaban J connectivity index is 1.75. The minimum atomic E-state index is -0.243. The number of ether oxygens (including phenoxy) is 3. The van der Waals surface area contributed by atoms with Gasteiger partial charge in [-0.3, -0.25) is 4.79 Å². The first-order valence-electron chi connectivity index (χ1n) is 11.6. The highest BCUT2D eigenvalue weighted by atomic mass is 16.6. The average Bonchev–Trinajstić information content (AvgIpc) is 3.16. The zero-order chi connectivity index (χ0) is 22.7. The molecule has 0 aliphatic carbocycles. The molecule has 1 fully saturated rings. The van der Waals surface area contributed by atoms with Gasteiger partial charge in [0.2, 0.25) is 0 Å². The number of fused-ring (bicyclic) bond motifs is 1. The molecule has 1 aromatic heterocycles. The number of esters is 1. The fourth-order valence-electron chi connectivity index (χ4n) is 4.72. The number of aryl methyl sites for hydroxylation is 1. The molecule has 0 N–H and O–H groups in total. The minimum Gasteiger partial charge on any atom is -0.462 e. The van der Waals surface area contributed by atoms with E-state index in [0.717, 1.165) is 28.5 Å². The van der Waals surface area contributed by atoms with Gasteiger partial charge in [-0.2, -0.15) is 0 Å². The van der Waals surface area contributed by atoms with Crippen molar-refractivity contribution in [3.8, 4) is 0 Å². The third-order valence-electron chi connectivity index (χ3n) is 6.17. The molecule has 0 spiro atoms. The van der Waals surface area contributed by atoms with Crippen molar-refractivity contribution in [1.82, 2.24) is 4.57 Å². The number of carbonyl (C=O) groups is 1. The number of aromatic nitrogens is 1. The van der Waals surface area contributed by atoms with Crippen LogP contribution in [0.1, 0.15) is 69.6 Å². The van der Waals surface area contributed by atoms with Crippen LogP contribution in [0, 0.1) is 0 Å². The molecule has 0 bridgehead atoms. The van der Waals surface area contributed by atoms with Crippen molar-refractivity contribution in [3.05, 3.63) is 71.4 Å². The van der Waals surface area contributed by atoms with Gasteiger partial charge in [0.15, 0.2) is 0 Å². The second-order valence-electron chi connectivity index (χ2n) is 8.54. The van der Waals surface area contributed by atoms with E-state index in [1.807, 2.05) is 19.9 Å². The standard InChI is InChI=1S/C27H33NO4/c1-5-20-11-13-21(14-12-20)27(30-6-2)24-17-28(25-10-8-7-9-23(24)25)26-16-22(32-19(4)29)15-18(3)31-26/h7-14,17-18,22,26-27H,5-6,15-16H2,1-4H3/t18-,22+,26-,27?/m1/s1. The van der Waals surface area contributed by atoms with Crippen LogP contribution in [0.25, 0.3) is 10.9 Å². The fraction of sp³-hybridized carbons (Fsp3) is 0.444. The highest BCUT2D eigenvalue weighted by Gasteiger charge is 2.32. The molecule has 4 rings (SSSR count). The van der Waals surface area contributed by atoms with E-state index < -0.39 is 0 Å². The minimum absolute atomic E-state index is 0.00647. The van der Waals surface area contributed by atoms with E-state index in [9.17, 15) is 4.79 Å². The number of benzene rings is 2. The van der Waals surface area contributed by atoms with Gasteiger partial charge in [0.05, 0.1) is 11.6 Å². The van der Waals surface area contributed by atoms with Gasteiger partial charge < -0.3 is 18.8 Å². The van der Waals surface area contributed by atoms with Crippen LogP contribution < -0.4 is 0 Å². The van der Waals surface area contributed by atoms with Gasteiger partial charge in [-0.25, -0.2) is 0 Å². The largest absolute Gasteiger partial charge is 0.462 e. The summed E-state index contributed by atoms with van der Waals surface area (Å²) in [5, 5.41) is 1.15. The van der Waals surface area contributed by atoms with Crippen LogP contribution in [0.5, 0.6) is 0 Å². The lowest BCUT2D eigenvalue weighted by atomic mass is 9.99. The van der Waals surface area contributed by atoms with Gasteiger partial charge in [0, 0.05) is 43.5 Å². The van der Waals surface area contributed by atoms with E-state index in [1.165, 1.54) is 12.5 Å². The molecule has 170 valence electrons. The van der Waals surface area contributed by atoms with Crippen LogP contribution in [0.4, 0.5) is 0 Å². The zero-order valence-corrected chi connectivity index (χ0v) is 19.4. The highest BCUT2D eigenvalue weighted by Crippen LogP contribution is 2.38. The molecule has 0 amide bonds. The number of carbonyl (C=O) groups excluding carboxylic acids is 1. The van der Waals surface area contributed by atoms with Gasteiger partial charge in [0.1, 0.15) is 18.4 Å². The van der Waals surface area contributed by atoms with Gasteiger partial charge >= 0.3 is 5.97 Å². The Morgan fingerprint density at radius 1 is 1.12 bits per heavy atom. The van der Waals surface area contributed by atoms with E-state index in [2.05, 4.69) is 60.2 Å². The van der Waals surface area contributed by atoms with Crippen molar-refractivity contribution in [3.63, 3.8) is 0 Å². The topological polar surface area (TPSA) is 49.7 Å². The predicted molar refractivity (Wildman–Crippen MR) is 126 cm³/mol. The Kier molecular flexibility index (Phi) is 6.97. The van der Waals surface area contributed by atoms with E-state index in [-0.39, 0.29) is 30.5 Å². The van der Waals surface area contributed by atoms with Gasteiger partial charge in [-0.05, 0) is 37.5 Å². The molecule has 4 atom stereocenters. The summed E-state index contributed by atoms with van der Waals surface area (Å²) in [6.07, 6.45) is 4.02. The second kappa shape index (κ2) is 9.88. The third kappa shape index (κ3) is 4.74. The lowest BCUT2D eigenvalue weighted by Gasteiger charge is -2.34. The quantitative estimate of drug-likeness (QED) is 0.430. The summed E-state index contributed by atoms with van der Waals surface area (Å²) in [7, 11) is 0. The number of nitrogens with zero attached hydrogens (tertiary/aromatic N) is 1. The van der Waals surface area contributed by atoms with Crippen LogP contribution in [0.3, 0.4) is 0 Å². The second-order valence-corrected chi connectivity index (χ2v) is 8.54. The first-order chi connectivity index (χ1) is 15.5. The lowest BCUT2D eigenvalue weighted by molar-refractivity contribution is -0.164. The first-order valence-corrected chi connectivity index (χ1v) is 11.6. The van der Waals surface area contributed by atoms with E-state index in [1.54, 1.807) is 0 Å². The monoisotopic (exact) mass is 435 g/mol. The predicted octanol–water partition coefficient (Wildman–Crippen LogP) is 5.96. The number of para-hydroxylation sites is 1. The van der Waals surface area contributed by atoms with Crippen molar-refractivity contribution in [2.75, 3.05) is 6.61 Å². The van der Waals surface area contributed by atoms with Gasteiger partial charge in [0.25, 0.3) is 0 Å². The van der Waals surface area contributed by atoms with Gasteiger partial charge in [-0.15, -0.1) is 0 Å². The van der Waals surface area contributed by atoms with Crippen molar-refractivity contribution in [2.45, 2.75) is 71.5 Å². The first kappa shape index (κ1) is 22.6. The zero-order valence-electron chi connectivity index (χ0n) is 19.4. The Morgan fingerprint density at radius 2 is 1.88 bits per heavy atom. The molecule has 1 aliphatic heterocycles. The van der Waals surface area contributed by atoms with Crippen LogP contribution in [0.2, 0.25) is 0 Å². The summed E-state index contributed by atoms with van der Waals surface area (Å²) in [5.41, 5.74) is 4.67. The van der Waals surface area contributed by atoms with Crippen LogP contribution in [0.15, 0.2) is 54.7 Å². The Labute approximate surface area is 190 Å². The molecular weight excluding hydrogens is 402 g/mol. The maximum absolute atomic E-state index is 11.6. The summed E-state index contributed by atoms with van der Waals surface area (Å²) < 4.78 is 20.3. The van der Waals surface area contributed by atoms with Crippen molar-refractivity contribution in [2.24, 2.45) is 0 Å². The van der Waals surface area contributed by atoms with Gasteiger partial charge in [-0.1, -0.05) is 49.4 Å². The molecule has 0 radical (unpaired) electrons. The van der Waals surface area contributed by atoms with Crippen molar-refractivity contribution in [1.29, 1.82) is 0 Å². The number of rotatable bonds is 7. The Morgan fingerprint density at radius 3 is 2.56 bits per heavy atom. The third-order valence-corrected chi connectivity index (χ3v) is 6.17. The molecule has 5 nitrogen and oxygen atoms in total. The number of hydrogen-bond donors (Lipinski definition) is 0. The molecule has 2 aromatic carbocycles. The van der Waals surface area contributed by atoms with Crippen LogP contribution in [-0.2, 0) is 25.4 Å². The average molecular weight is 436 g/mol. The summed E-state index contributed by atoms with van der Waals surface area (Å²) >= 11 is 0. The molecule has 2 heterocycles. The van der Waals surface area contributed by atoms with Crippen LogP contribution >= 0.6 is 0 Å². The van der Waals surface area contributed by atoms with Crippen molar-refractivity contribution < 1.29 is 19.0 Å². The number of hydrogen-bond acceptors (Lipinski definition) is 4. The Bertz CT molecular complexity index is 1060. The van der Waals surface area contributed by atoms with Crippen LogP contribution in [-0.4, -0.2) is 29.4 Å². The molecule has 0 saturated carbocycles. The molecule has 3 aromatic rings. The normalized spacial score (nSPS) is 22.1. The molecule has 1 saturated heterocycles. The SMILES string of the molecule is CCOC(c1ccc(CC)cc1)c1cn([C@H]2C[C@@H](OC(C)=O)C[C@@H](C)O2)c2ccccc12. The van der Waals surface area contributed by atoms with E-state index >= 15 is 0 Å². The van der Waals surface area contributed by atoms with E-state index in [0.29, 0.717) is 19.4 Å². The maximum atomic E-state index is 11.6. The summed E-state index contributed by atoms with van der Waals surface area (Å²) in [4.78, 5) is 11.6. The molecular formula is C27H33NO4. The molecule has 1 unspecified atom stereocenters. The Hall–Kier alpha value is -2.63. The summed E-state index contributed by atoms with van der Waals surface area (Å²) in [6, 6.07) is 17.1. The molecule has 32 heavy (non-hydrogen) atoms. The lowest BCUT2D eigenvalue weighted by Crippen LogP contribution is -2.34. The molecule has 5 heteroatoms. The highest BCUT2D eigenvalue weighted by molar-refractivity contribution is 5.85. The molecule has 1 aliphatic rings. The maximum Gasteiger partial charge on any atom is 0.302 e. The summed E-state index contributed by atoms with van der Waals surface area (Å²) in [5.74, 6) is -0.243. The fourth-order valence-corrected chi connectivity index (χ4v) is 4.72. The summed E-state index contributed by atoms with van der Waals surface area (Å²) in [6.45, 7) is 8.31. The van der Waals surface area contributed by atoms with Crippen molar-refractivity contribution >= 4 is 16.9 Å².